The molecule has 0 radical (unpaired) electrons. The van der Waals surface area contributed by atoms with Gasteiger partial charge in [0.25, 0.3) is 0 Å². The average molecular weight is 255 g/mol. The van der Waals surface area contributed by atoms with Crippen LogP contribution < -0.4 is 0 Å². The van der Waals surface area contributed by atoms with Crippen LogP contribution in [0.25, 0.3) is 0 Å². The van der Waals surface area contributed by atoms with E-state index in [-0.39, 0.29) is 22.8 Å². The highest BCUT2D eigenvalue weighted by Gasteiger charge is 2.20. The minimum absolute atomic E-state index is 0.0661. The number of aryl methyl sites for hydroxylation is 1. The predicted octanol–water partition coefficient (Wildman–Crippen LogP) is 3.14. The lowest BCUT2D eigenvalue weighted by atomic mass is 9.92. The van der Waals surface area contributed by atoms with E-state index in [0.29, 0.717) is 12.3 Å². The van der Waals surface area contributed by atoms with Crippen molar-refractivity contribution in [1.29, 1.82) is 0 Å². The Labute approximate surface area is 105 Å². The molecule has 0 aromatic heterocycles. The first-order valence-electron chi connectivity index (χ1n) is 5.41. The van der Waals surface area contributed by atoms with Crippen molar-refractivity contribution in [3.8, 4) is 0 Å². The average Bonchev–Trinajstić information content (AvgIpc) is 2.28. The second kappa shape index (κ2) is 5.82. The molecule has 1 aromatic rings. The molecule has 0 aliphatic rings. The molecular weight excluding hydrogens is 240 g/mol. The molecule has 0 amide bonds. The van der Waals surface area contributed by atoms with E-state index in [0.717, 1.165) is 5.56 Å². The summed E-state index contributed by atoms with van der Waals surface area (Å²) in [4.78, 5) is 23.1. The molecule has 1 N–H and O–H groups in total. The van der Waals surface area contributed by atoms with Crippen LogP contribution in [0.2, 0.25) is 0 Å². The number of alkyl halides is 1. The molecule has 0 bridgehead atoms. The third-order valence-corrected chi connectivity index (χ3v) is 2.88. The lowest BCUT2D eigenvalue weighted by molar-refractivity contribution is 0.0690. The highest BCUT2D eigenvalue weighted by atomic mass is 35.5. The van der Waals surface area contributed by atoms with E-state index in [9.17, 15) is 9.59 Å². The van der Waals surface area contributed by atoms with Gasteiger partial charge in [0.15, 0.2) is 5.78 Å². The van der Waals surface area contributed by atoms with Gasteiger partial charge in [-0.15, -0.1) is 11.6 Å². The fourth-order valence-electron chi connectivity index (χ4n) is 1.61. The van der Waals surface area contributed by atoms with Crippen LogP contribution in [0.5, 0.6) is 0 Å². The van der Waals surface area contributed by atoms with Gasteiger partial charge in [0.05, 0.1) is 5.56 Å². The molecule has 0 aliphatic carbocycles. The van der Waals surface area contributed by atoms with Crippen LogP contribution in [0.3, 0.4) is 0 Å². The van der Waals surface area contributed by atoms with Crippen LogP contribution in [0, 0.1) is 12.8 Å². The normalized spacial score (nSPS) is 12.2. The number of carboxylic acids is 1. The Bertz CT molecular complexity index is 440. The van der Waals surface area contributed by atoms with Crippen molar-refractivity contribution in [2.45, 2.75) is 20.3 Å². The summed E-state index contributed by atoms with van der Waals surface area (Å²) < 4.78 is 0. The zero-order chi connectivity index (χ0) is 13.0. The van der Waals surface area contributed by atoms with Crippen molar-refractivity contribution < 1.29 is 14.7 Å². The summed E-state index contributed by atoms with van der Waals surface area (Å²) in [5, 5.41) is 9.07. The molecule has 1 atom stereocenters. The number of carbonyl (C=O) groups excluding carboxylic acids is 1. The molecule has 17 heavy (non-hydrogen) atoms. The van der Waals surface area contributed by atoms with Gasteiger partial charge in [-0.1, -0.05) is 24.6 Å². The Balaban J connectivity index is 3.13. The Kier molecular flexibility index (Phi) is 4.70. The molecule has 1 rings (SSSR count). The minimum atomic E-state index is -1.07. The maximum atomic E-state index is 12.0. The lowest BCUT2D eigenvalue weighted by Gasteiger charge is -2.11. The van der Waals surface area contributed by atoms with E-state index in [2.05, 4.69) is 0 Å². The van der Waals surface area contributed by atoms with Crippen LogP contribution in [0.4, 0.5) is 0 Å². The van der Waals surface area contributed by atoms with E-state index in [1.165, 1.54) is 6.07 Å². The molecule has 0 saturated carbocycles. The molecule has 0 fully saturated rings. The molecule has 0 aliphatic heterocycles. The summed E-state index contributed by atoms with van der Waals surface area (Å²) in [5.74, 6) is -1.10. The molecule has 3 nitrogen and oxygen atoms in total. The van der Waals surface area contributed by atoms with E-state index < -0.39 is 5.97 Å². The van der Waals surface area contributed by atoms with Crippen molar-refractivity contribution in [2.24, 2.45) is 5.92 Å². The number of hydrogen-bond donors (Lipinski definition) is 1. The third-order valence-electron chi connectivity index (χ3n) is 2.66. The fourth-order valence-corrected chi connectivity index (χ4v) is 1.94. The molecule has 0 heterocycles. The quantitative estimate of drug-likeness (QED) is 0.649. The number of benzene rings is 1. The van der Waals surface area contributed by atoms with Gasteiger partial charge >= 0.3 is 5.97 Å². The highest BCUT2D eigenvalue weighted by Crippen LogP contribution is 2.18. The van der Waals surface area contributed by atoms with Gasteiger partial charge in [-0.05, 0) is 19.4 Å². The molecule has 1 aromatic carbocycles. The van der Waals surface area contributed by atoms with Crippen LogP contribution in [-0.4, -0.2) is 22.7 Å². The molecule has 0 spiro atoms. The van der Waals surface area contributed by atoms with E-state index in [1.807, 2.05) is 0 Å². The van der Waals surface area contributed by atoms with Crippen LogP contribution in [-0.2, 0) is 0 Å². The minimum Gasteiger partial charge on any atom is -0.478 e. The van der Waals surface area contributed by atoms with E-state index in [4.69, 9.17) is 16.7 Å². The fraction of sp³-hybridized carbons (Fsp3) is 0.385. The van der Waals surface area contributed by atoms with Crippen molar-refractivity contribution in [3.05, 3.63) is 34.9 Å². The first kappa shape index (κ1) is 13.7. The molecule has 92 valence electrons. The Morgan fingerprint density at radius 2 is 2.00 bits per heavy atom. The van der Waals surface area contributed by atoms with Crippen molar-refractivity contribution >= 4 is 23.4 Å². The lowest BCUT2D eigenvalue weighted by Crippen LogP contribution is -2.16. The number of hydrogen-bond acceptors (Lipinski definition) is 2. The number of halogens is 1. The summed E-state index contributed by atoms with van der Waals surface area (Å²) >= 11 is 5.59. The predicted molar refractivity (Wildman–Crippen MR) is 67.0 cm³/mol. The van der Waals surface area contributed by atoms with Gasteiger partial charge < -0.3 is 5.11 Å². The zero-order valence-electron chi connectivity index (χ0n) is 9.87. The summed E-state index contributed by atoms with van der Waals surface area (Å²) in [6, 6.07) is 4.84. The van der Waals surface area contributed by atoms with Crippen LogP contribution >= 0.6 is 11.6 Å². The maximum absolute atomic E-state index is 12.0. The van der Waals surface area contributed by atoms with Gasteiger partial charge in [-0.3, -0.25) is 4.79 Å². The van der Waals surface area contributed by atoms with Crippen molar-refractivity contribution in [1.82, 2.24) is 0 Å². The van der Waals surface area contributed by atoms with Crippen LogP contribution in [0.15, 0.2) is 18.2 Å². The number of carboxylic acid groups (broad SMARTS) is 1. The molecular formula is C13H15ClO3. The maximum Gasteiger partial charge on any atom is 0.336 e. The molecule has 1 unspecified atom stereocenters. The highest BCUT2D eigenvalue weighted by molar-refractivity contribution is 6.18. The smallest absolute Gasteiger partial charge is 0.336 e. The zero-order valence-corrected chi connectivity index (χ0v) is 10.6. The van der Waals surface area contributed by atoms with Gasteiger partial charge in [-0.2, -0.15) is 0 Å². The van der Waals surface area contributed by atoms with Gasteiger partial charge in [0, 0.05) is 17.4 Å². The number of aromatic carboxylic acids is 1. The standard InChI is InChI=1S/C13H15ClO3/c1-8-3-4-10(11(7-8)13(16)17)12(15)9(2)5-6-14/h3-4,7,9H,5-6H2,1-2H3,(H,16,17). The Morgan fingerprint density at radius 1 is 1.35 bits per heavy atom. The molecule has 4 heteroatoms. The summed E-state index contributed by atoms with van der Waals surface area (Å²) in [5.41, 5.74) is 1.15. The number of Topliss-reactive ketones (excluding diaryl/α,β-unsaturated/α-hetero) is 1. The van der Waals surface area contributed by atoms with Crippen molar-refractivity contribution in [3.63, 3.8) is 0 Å². The topological polar surface area (TPSA) is 54.4 Å². The van der Waals surface area contributed by atoms with Crippen LogP contribution in [0.1, 0.15) is 39.6 Å². The third kappa shape index (κ3) is 3.30. The number of carbonyl (C=O) groups is 2. The number of rotatable bonds is 5. The SMILES string of the molecule is Cc1ccc(C(=O)C(C)CCCl)c(C(=O)O)c1. The Morgan fingerprint density at radius 3 is 2.53 bits per heavy atom. The molecule has 0 saturated heterocycles. The second-order valence-corrected chi connectivity index (χ2v) is 4.48. The monoisotopic (exact) mass is 254 g/mol. The number of ketones is 1. The van der Waals surface area contributed by atoms with Gasteiger partial charge in [0.1, 0.15) is 0 Å². The van der Waals surface area contributed by atoms with Gasteiger partial charge in [-0.25, -0.2) is 4.79 Å². The van der Waals surface area contributed by atoms with E-state index >= 15 is 0 Å². The first-order chi connectivity index (χ1) is 7.97. The summed E-state index contributed by atoms with van der Waals surface area (Å²) in [6.45, 7) is 3.55. The second-order valence-electron chi connectivity index (χ2n) is 4.10. The summed E-state index contributed by atoms with van der Waals surface area (Å²) in [6.07, 6.45) is 0.549. The first-order valence-corrected chi connectivity index (χ1v) is 5.95. The summed E-state index contributed by atoms with van der Waals surface area (Å²) in [7, 11) is 0. The van der Waals surface area contributed by atoms with Gasteiger partial charge in [0.2, 0.25) is 0 Å². The Hall–Kier alpha value is -1.35. The van der Waals surface area contributed by atoms with E-state index in [1.54, 1.807) is 26.0 Å². The largest absolute Gasteiger partial charge is 0.478 e. The van der Waals surface area contributed by atoms with Crippen molar-refractivity contribution in [2.75, 3.05) is 5.88 Å².